The van der Waals surface area contributed by atoms with E-state index in [4.69, 9.17) is 9.47 Å². The number of carbonyl (C=O) groups is 1. The summed E-state index contributed by atoms with van der Waals surface area (Å²) < 4.78 is 11.4. The second kappa shape index (κ2) is 19.8. The largest absolute Gasteiger partial charge is 0.507 e. The van der Waals surface area contributed by atoms with Crippen molar-refractivity contribution in [1.82, 2.24) is 0 Å². The van der Waals surface area contributed by atoms with Crippen LogP contribution in [0, 0.1) is 0 Å². The Bertz CT molecular complexity index is 1790. The van der Waals surface area contributed by atoms with Gasteiger partial charge in [-0.15, -0.1) is 11.5 Å². The number of hydrogen-bond donors (Lipinski definition) is 1. The van der Waals surface area contributed by atoms with Crippen molar-refractivity contribution >= 4 is 23.4 Å². The molecule has 0 radical (unpaired) electrons. The van der Waals surface area contributed by atoms with E-state index in [0.717, 1.165) is 48.3 Å². The molecule has 1 N–H and O–H groups in total. The normalized spacial score (nSPS) is 13.2. The number of phenols is 1. The summed E-state index contributed by atoms with van der Waals surface area (Å²) in [5.41, 5.74) is 13.1. The Balaban J connectivity index is 1.02. The molecule has 0 aliphatic heterocycles. The predicted molar refractivity (Wildman–Crippen MR) is 205 cm³/mol. The topological polar surface area (TPSA) is 68.1 Å². The van der Waals surface area contributed by atoms with E-state index in [0.29, 0.717) is 17.7 Å². The molecule has 0 saturated carbocycles. The van der Waals surface area contributed by atoms with Gasteiger partial charge in [0.1, 0.15) is 17.2 Å². The predicted octanol–water partition coefficient (Wildman–Crippen LogP) is 12.0. The van der Waals surface area contributed by atoms with Crippen LogP contribution in [0.5, 0.6) is 17.2 Å². The lowest BCUT2D eigenvalue weighted by atomic mass is 10.1. The monoisotopic (exact) mass is 667 g/mol. The van der Waals surface area contributed by atoms with Crippen molar-refractivity contribution in [2.75, 3.05) is 6.61 Å². The van der Waals surface area contributed by atoms with Crippen LogP contribution in [0.2, 0.25) is 0 Å². The number of nitrogens with zero attached hydrogens (tertiary/aromatic N) is 1. The van der Waals surface area contributed by atoms with Gasteiger partial charge in [-0.2, -0.15) is 0 Å². The molecule has 50 heavy (non-hydrogen) atoms. The van der Waals surface area contributed by atoms with Gasteiger partial charge in [0.25, 0.3) is 0 Å². The lowest BCUT2D eigenvalue weighted by molar-refractivity contribution is 0.0734. The number of rotatable bonds is 21. The number of hydrogen-bond acceptors (Lipinski definition) is 5. The van der Waals surface area contributed by atoms with Crippen molar-refractivity contribution in [3.8, 4) is 17.2 Å². The van der Waals surface area contributed by atoms with Gasteiger partial charge in [0.15, 0.2) is 0 Å². The number of aliphatic imine (C=N–C) groups is 1. The average molecular weight is 668 g/mol. The fraction of sp³-hybridized carbons (Fsp3) is 0.333. The van der Waals surface area contributed by atoms with Gasteiger partial charge < -0.3 is 14.6 Å². The Kier molecular flexibility index (Phi) is 14.3. The van der Waals surface area contributed by atoms with Crippen molar-refractivity contribution in [2.45, 2.75) is 90.4 Å². The Morgan fingerprint density at radius 2 is 1.46 bits per heavy atom. The van der Waals surface area contributed by atoms with Crippen LogP contribution in [0.4, 0.5) is 5.69 Å². The molecule has 0 bridgehead atoms. The number of esters is 1. The Morgan fingerprint density at radius 3 is 2.16 bits per heavy atom. The van der Waals surface area contributed by atoms with Gasteiger partial charge in [-0.25, -0.2) is 4.79 Å². The number of unbranched alkanes of at least 4 members (excludes halogenated alkanes) is 9. The third-order valence-electron chi connectivity index (χ3n) is 8.90. The summed E-state index contributed by atoms with van der Waals surface area (Å²) in [6.07, 6.45) is 27.9. The van der Waals surface area contributed by atoms with E-state index in [2.05, 4.69) is 41.6 Å². The van der Waals surface area contributed by atoms with Crippen LogP contribution in [0.25, 0.3) is 5.57 Å². The maximum absolute atomic E-state index is 12.7. The Hall–Kier alpha value is -5.08. The number of ether oxygens (including phenoxy) is 2. The summed E-state index contributed by atoms with van der Waals surface area (Å²) in [4.78, 5) is 17.3. The number of benzene rings is 3. The van der Waals surface area contributed by atoms with Gasteiger partial charge in [-0.1, -0.05) is 95.1 Å². The van der Waals surface area contributed by atoms with E-state index in [9.17, 15) is 9.90 Å². The molecule has 0 aromatic heterocycles. The number of phenolic OH excluding ortho intramolecular Hbond substituents is 1. The molecular formula is C45H49NO4. The molecule has 2 aliphatic carbocycles. The molecule has 2 aliphatic rings. The van der Waals surface area contributed by atoms with Crippen molar-refractivity contribution in [3.05, 3.63) is 136 Å². The molecule has 3 aromatic carbocycles. The molecule has 5 rings (SSSR count). The number of aromatic hydroxyl groups is 1. The summed E-state index contributed by atoms with van der Waals surface area (Å²) >= 11 is 0. The second-order valence-corrected chi connectivity index (χ2v) is 12.9. The molecule has 0 spiro atoms. The first-order chi connectivity index (χ1) is 24.6. The van der Waals surface area contributed by atoms with E-state index in [1.807, 2.05) is 36.4 Å². The zero-order valence-corrected chi connectivity index (χ0v) is 29.3. The molecular weight excluding hydrogens is 618 g/mol. The average Bonchev–Trinajstić information content (AvgIpc) is 3.84. The van der Waals surface area contributed by atoms with Gasteiger partial charge in [0.2, 0.25) is 0 Å². The van der Waals surface area contributed by atoms with Crippen LogP contribution in [-0.4, -0.2) is 23.9 Å². The molecule has 258 valence electrons. The van der Waals surface area contributed by atoms with Crippen molar-refractivity contribution in [3.63, 3.8) is 0 Å². The van der Waals surface area contributed by atoms with E-state index in [1.165, 1.54) is 75.0 Å². The lowest BCUT2D eigenvalue weighted by Gasteiger charge is -2.08. The SMILES string of the molecule is CCCCCCCCCCCCOc1ccc(C(=O)Oc2ccc(C=Nc3ccc(C4=C=C(CCCC5=C=CC=C5)C=C4)cc3)c(O)c2)cc1. The Labute approximate surface area is 297 Å². The first-order valence-electron chi connectivity index (χ1n) is 18.3. The fourth-order valence-corrected chi connectivity index (χ4v) is 5.95. The zero-order valence-electron chi connectivity index (χ0n) is 29.3. The zero-order chi connectivity index (χ0) is 34.8. The van der Waals surface area contributed by atoms with Crippen LogP contribution in [-0.2, 0) is 0 Å². The molecule has 3 aromatic rings. The molecule has 0 unspecified atom stereocenters. The minimum absolute atomic E-state index is 0.0263. The summed E-state index contributed by atoms with van der Waals surface area (Å²) in [7, 11) is 0. The van der Waals surface area contributed by atoms with Crippen LogP contribution in [0.3, 0.4) is 0 Å². The van der Waals surface area contributed by atoms with Crippen molar-refractivity contribution < 1.29 is 19.4 Å². The van der Waals surface area contributed by atoms with Gasteiger partial charge in [-0.05, 0) is 103 Å². The first-order valence-corrected chi connectivity index (χ1v) is 18.3. The van der Waals surface area contributed by atoms with Gasteiger partial charge in [0, 0.05) is 23.4 Å². The standard InChI is InChI=1S/C45H49NO4/c1-2-3-4-5-6-7-8-9-10-13-31-49-42-28-23-38(24-29-42)45(48)50-43-30-25-40(44(47)33-43)34-46-41-26-21-37(22-27-41)39-20-19-36(32-39)18-14-17-35-15-11-12-16-35/h11-12,15,19-30,33-34,47H,2-10,13-14,17-18,31H2,1H3. The van der Waals surface area contributed by atoms with Crippen LogP contribution >= 0.6 is 0 Å². The minimum atomic E-state index is -0.502. The second-order valence-electron chi connectivity index (χ2n) is 12.9. The molecule has 5 heteroatoms. The molecule has 5 nitrogen and oxygen atoms in total. The third kappa shape index (κ3) is 11.8. The highest BCUT2D eigenvalue weighted by Crippen LogP contribution is 2.27. The van der Waals surface area contributed by atoms with E-state index in [-0.39, 0.29) is 11.5 Å². The first kappa shape index (κ1) is 36.2. The fourth-order valence-electron chi connectivity index (χ4n) is 5.95. The molecule has 0 heterocycles. The maximum Gasteiger partial charge on any atom is 0.343 e. The van der Waals surface area contributed by atoms with Crippen molar-refractivity contribution in [2.24, 2.45) is 4.99 Å². The van der Waals surface area contributed by atoms with E-state index in [1.54, 1.807) is 42.6 Å². The highest BCUT2D eigenvalue weighted by Gasteiger charge is 2.11. The van der Waals surface area contributed by atoms with Gasteiger partial charge in [-0.3, -0.25) is 4.99 Å². The molecule has 0 fully saturated rings. The summed E-state index contributed by atoms with van der Waals surface area (Å²) in [6.45, 7) is 2.93. The number of carbonyl (C=O) groups excluding carboxylic acids is 1. The van der Waals surface area contributed by atoms with Crippen LogP contribution < -0.4 is 9.47 Å². The van der Waals surface area contributed by atoms with E-state index >= 15 is 0 Å². The maximum atomic E-state index is 12.7. The molecule has 0 saturated heterocycles. The minimum Gasteiger partial charge on any atom is -0.507 e. The lowest BCUT2D eigenvalue weighted by Crippen LogP contribution is -2.08. The van der Waals surface area contributed by atoms with Gasteiger partial charge in [0.05, 0.1) is 17.9 Å². The van der Waals surface area contributed by atoms with E-state index < -0.39 is 5.97 Å². The van der Waals surface area contributed by atoms with Gasteiger partial charge >= 0.3 is 5.97 Å². The summed E-state index contributed by atoms with van der Waals surface area (Å²) in [6, 6.07) is 19.7. The number of allylic oxidation sites excluding steroid dienone is 6. The summed E-state index contributed by atoms with van der Waals surface area (Å²) in [5.74, 6) is 0.464. The van der Waals surface area contributed by atoms with Crippen LogP contribution in [0.15, 0.2) is 125 Å². The third-order valence-corrected chi connectivity index (χ3v) is 8.90. The highest BCUT2D eigenvalue weighted by molar-refractivity contribution is 5.91. The Morgan fingerprint density at radius 1 is 0.760 bits per heavy atom. The molecule has 0 atom stereocenters. The quantitative estimate of drug-likeness (QED) is 0.0404. The smallest absolute Gasteiger partial charge is 0.343 e. The summed E-state index contributed by atoms with van der Waals surface area (Å²) in [5, 5.41) is 10.6. The van der Waals surface area contributed by atoms with Crippen LogP contribution in [0.1, 0.15) is 112 Å². The molecule has 0 amide bonds. The highest BCUT2D eigenvalue weighted by atomic mass is 16.5. The van der Waals surface area contributed by atoms with Crippen molar-refractivity contribution in [1.29, 1.82) is 0 Å².